The van der Waals surface area contributed by atoms with Crippen molar-refractivity contribution in [1.82, 2.24) is 4.98 Å². The van der Waals surface area contributed by atoms with E-state index in [0.717, 1.165) is 6.20 Å². The number of aromatic nitrogens is 1. The molecule has 0 N–H and O–H groups in total. The highest BCUT2D eigenvalue weighted by Crippen LogP contribution is 2.26. The number of hydrogen-bond donors (Lipinski definition) is 0. The van der Waals surface area contributed by atoms with Gasteiger partial charge in [0, 0.05) is 6.20 Å². The van der Waals surface area contributed by atoms with Gasteiger partial charge in [-0.2, -0.15) is 0 Å². The van der Waals surface area contributed by atoms with Gasteiger partial charge in [0.25, 0.3) is 6.43 Å². The normalized spacial score (nSPS) is 10.9. The number of nitrogens with zero attached hydrogens (tertiary/aromatic N) is 1. The van der Waals surface area contributed by atoms with Crippen LogP contribution in [-0.2, 0) is 5.88 Å². The van der Waals surface area contributed by atoms with Crippen molar-refractivity contribution in [3.63, 3.8) is 0 Å². The summed E-state index contributed by atoms with van der Waals surface area (Å²) >= 11 is 7.02. The average molecular weight is 321 g/mol. The van der Waals surface area contributed by atoms with E-state index in [1.807, 2.05) is 0 Å². The quantitative estimate of drug-likeness (QED) is 0.600. The maximum atomic E-state index is 13.1. The smallest absolute Gasteiger partial charge is 0.258 e. The summed E-state index contributed by atoms with van der Waals surface area (Å²) in [6.45, 7) is 0. The summed E-state index contributed by atoms with van der Waals surface area (Å²) in [6.07, 6.45) is -2.02. The van der Waals surface area contributed by atoms with E-state index in [1.165, 1.54) is 0 Å². The minimum absolute atomic E-state index is 0.0126. The van der Waals surface area contributed by atoms with Crippen LogP contribution in [0.1, 0.15) is 17.7 Å². The fraction of sp³-hybridized carbons (Fsp3) is 0.286. The SMILES string of the molecule is Fc1c(C(F)F)cnc(CCl)c1I. The van der Waals surface area contributed by atoms with Crippen LogP contribution < -0.4 is 0 Å². The third kappa shape index (κ3) is 2.25. The molecule has 0 unspecified atom stereocenters. The maximum Gasteiger partial charge on any atom is 0.268 e. The van der Waals surface area contributed by atoms with Gasteiger partial charge in [-0.3, -0.25) is 4.98 Å². The second kappa shape index (κ2) is 4.45. The van der Waals surface area contributed by atoms with E-state index in [4.69, 9.17) is 11.6 Å². The highest BCUT2D eigenvalue weighted by Gasteiger charge is 2.18. The lowest BCUT2D eigenvalue weighted by molar-refractivity contribution is 0.145. The number of pyridine rings is 1. The summed E-state index contributed by atoms with van der Waals surface area (Å²) in [4.78, 5) is 3.62. The molecular formula is C7H4ClF3IN. The first-order chi connectivity index (χ1) is 6.07. The summed E-state index contributed by atoms with van der Waals surface area (Å²) in [7, 11) is 0. The van der Waals surface area contributed by atoms with Gasteiger partial charge in [-0.1, -0.05) is 0 Å². The Morgan fingerprint density at radius 1 is 1.54 bits per heavy atom. The lowest BCUT2D eigenvalue weighted by atomic mass is 10.2. The zero-order valence-corrected chi connectivity index (χ0v) is 9.11. The Hall–Kier alpha value is -0.0400. The van der Waals surface area contributed by atoms with Crippen LogP contribution in [0.15, 0.2) is 6.20 Å². The third-order valence-corrected chi connectivity index (χ3v) is 2.77. The van der Waals surface area contributed by atoms with Crippen LogP contribution >= 0.6 is 34.2 Å². The second-order valence-corrected chi connectivity index (χ2v) is 3.57. The molecule has 0 aliphatic carbocycles. The highest BCUT2D eigenvalue weighted by molar-refractivity contribution is 14.1. The van der Waals surface area contributed by atoms with Gasteiger partial charge in [-0.25, -0.2) is 13.2 Å². The van der Waals surface area contributed by atoms with Crippen molar-refractivity contribution in [3.8, 4) is 0 Å². The van der Waals surface area contributed by atoms with Gasteiger partial charge in [0.05, 0.1) is 20.7 Å². The minimum Gasteiger partial charge on any atom is -0.258 e. The molecule has 6 heteroatoms. The van der Waals surface area contributed by atoms with Crippen LogP contribution in [0.4, 0.5) is 13.2 Å². The Morgan fingerprint density at radius 3 is 2.62 bits per heavy atom. The molecule has 0 aromatic carbocycles. The highest BCUT2D eigenvalue weighted by atomic mass is 127. The number of halogens is 5. The standard InChI is InChI=1S/C7H4ClF3IN/c8-1-4-6(12)5(9)3(2-13-4)7(10)11/h2,7H,1H2. The Morgan fingerprint density at radius 2 is 2.15 bits per heavy atom. The molecule has 0 atom stereocenters. The fourth-order valence-electron chi connectivity index (χ4n) is 0.760. The van der Waals surface area contributed by atoms with Gasteiger partial charge in [-0.15, -0.1) is 11.6 Å². The Balaban J connectivity index is 3.23. The summed E-state index contributed by atoms with van der Waals surface area (Å²) in [5.41, 5.74) is -0.401. The molecule has 0 fully saturated rings. The van der Waals surface area contributed by atoms with Crippen LogP contribution in [0.5, 0.6) is 0 Å². The van der Waals surface area contributed by atoms with Crippen LogP contribution in [0.25, 0.3) is 0 Å². The first kappa shape index (κ1) is 11.0. The topological polar surface area (TPSA) is 12.9 Å². The predicted molar refractivity (Wildman–Crippen MR) is 51.4 cm³/mol. The molecule has 13 heavy (non-hydrogen) atoms. The van der Waals surface area contributed by atoms with E-state index in [2.05, 4.69) is 4.98 Å². The molecule has 0 aliphatic rings. The Kier molecular flexibility index (Phi) is 3.78. The first-order valence-corrected chi connectivity index (χ1v) is 4.86. The van der Waals surface area contributed by atoms with Crippen molar-refractivity contribution in [2.75, 3.05) is 0 Å². The molecule has 0 amide bonds. The van der Waals surface area contributed by atoms with Gasteiger partial charge in [-0.05, 0) is 22.6 Å². The second-order valence-electron chi connectivity index (χ2n) is 2.22. The van der Waals surface area contributed by atoms with Crippen LogP contribution in [0, 0.1) is 9.39 Å². The summed E-state index contributed by atoms with van der Waals surface area (Å²) < 4.78 is 37.4. The largest absolute Gasteiger partial charge is 0.268 e. The molecule has 1 heterocycles. The third-order valence-electron chi connectivity index (χ3n) is 1.42. The van der Waals surface area contributed by atoms with Crippen molar-refractivity contribution < 1.29 is 13.2 Å². The molecule has 1 rings (SSSR count). The van der Waals surface area contributed by atoms with Gasteiger partial charge >= 0.3 is 0 Å². The summed E-state index contributed by atoms with van der Waals surface area (Å²) in [5.74, 6) is -0.917. The van der Waals surface area contributed by atoms with E-state index >= 15 is 0 Å². The summed E-state index contributed by atoms with van der Waals surface area (Å²) in [5, 5.41) is 0. The van der Waals surface area contributed by atoms with Crippen molar-refractivity contribution in [2.45, 2.75) is 12.3 Å². The van der Waals surface area contributed by atoms with Gasteiger partial charge in [0.15, 0.2) is 0 Å². The van der Waals surface area contributed by atoms with E-state index in [-0.39, 0.29) is 15.1 Å². The number of alkyl halides is 3. The maximum absolute atomic E-state index is 13.1. The lowest BCUT2D eigenvalue weighted by Crippen LogP contribution is -2.00. The number of rotatable bonds is 2. The van der Waals surface area contributed by atoms with Crippen LogP contribution in [0.3, 0.4) is 0 Å². The molecule has 1 nitrogen and oxygen atoms in total. The van der Waals surface area contributed by atoms with Gasteiger partial charge < -0.3 is 0 Å². The van der Waals surface area contributed by atoms with E-state index in [1.54, 1.807) is 22.6 Å². The molecule has 0 saturated carbocycles. The number of hydrogen-bond acceptors (Lipinski definition) is 1. The van der Waals surface area contributed by atoms with Gasteiger partial charge in [0.2, 0.25) is 0 Å². The molecule has 0 radical (unpaired) electrons. The van der Waals surface area contributed by atoms with Crippen molar-refractivity contribution >= 4 is 34.2 Å². The zero-order chi connectivity index (χ0) is 10.0. The lowest BCUT2D eigenvalue weighted by Gasteiger charge is -2.05. The monoisotopic (exact) mass is 321 g/mol. The summed E-state index contributed by atoms with van der Waals surface area (Å²) in [6, 6.07) is 0. The molecule has 72 valence electrons. The van der Waals surface area contributed by atoms with E-state index in [0.29, 0.717) is 0 Å². The molecule has 1 aromatic heterocycles. The van der Waals surface area contributed by atoms with Crippen LogP contribution in [0.2, 0.25) is 0 Å². The van der Waals surface area contributed by atoms with E-state index in [9.17, 15) is 13.2 Å². The fourth-order valence-corrected chi connectivity index (χ4v) is 1.83. The predicted octanol–water partition coefficient (Wildman–Crippen LogP) is 3.50. The zero-order valence-electron chi connectivity index (χ0n) is 6.20. The minimum atomic E-state index is -2.84. The Labute approximate surface area is 91.4 Å². The first-order valence-electron chi connectivity index (χ1n) is 3.24. The molecule has 1 aromatic rings. The average Bonchev–Trinajstić information content (AvgIpc) is 2.09. The molecule has 0 spiro atoms. The van der Waals surface area contributed by atoms with E-state index < -0.39 is 17.8 Å². The van der Waals surface area contributed by atoms with Crippen molar-refractivity contribution in [2.24, 2.45) is 0 Å². The van der Waals surface area contributed by atoms with Crippen LogP contribution in [-0.4, -0.2) is 4.98 Å². The Bertz CT molecular complexity index is 319. The van der Waals surface area contributed by atoms with Gasteiger partial charge in [0.1, 0.15) is 5.82 Å². The van der Waals surface area contributed by atoms with Crippen molar-refractivity contribution in [1.29, 1.82) is 0 Å². The van der Waals surface area contributed by atoms with Crippen molar-refractivity contribution in [3.05, 3.63) is 26.8 Å². The molecule has 0 saturated heterocycles. The molecule has 0 aliphatic heterocycles. The molecule has 0 bridgehead atoms. The molecular weight excluding hydrogens is 317 g/mol.